The molecule has 0 saturated heterocycles. The minimum Gasteiger partial charge on any atom is -0.372 e. The van der Waals surface area contributed by atoms with E-state index < -0.39 is 0 Å². The van der Waals surface area contributed by atoms with Gasteiger partial charge in [0.2, 0.25) is 0 Å². The molecular weight excluding hydrogens is 353 g/mol. The Balaban J connectivity index is 2.54. The Hall–Kier alpha value is -1.18. The molecule has 2 heterocycles. The molecule has 0 spiro atoms. The van der Waals surface area contributed by atoms with Crippen LogP contribution in [0, 0.1) is 9.49 Å². The van der Waals surface area contributed by atoms with Crippen molar-refractivity contribution in [1.29, 1.82) is 0 Å². The molecule has 0 atom stereocenters. The van der Waals surface area contributed by atoms with Gasteiger partial charge in [0.15, 0.2) is 5.82 Å². The van der Waals surface area contributed by atoms with Gasteiger partial charge in [0, 0.05) is 20.3 Å². The zero-order valence-electron chi connectivity index (χ0n) is 11.6. The lowest BCUT2D eigenvalue weighted by atomic mass is 10.1. The molecule has 0 bridgehead atoms. The summed E-state index contributed by atoms with van der Waals surface area (Å²) in [6.45, 7) is 4.39. The van der Waals surface area contributed by atoms with E-state index in [1.54, 1.807) is 10.9 Å². The van der Waals surface area contributed by atoms with Gasteiger partial charge in [-0.25, -0.2) is 9.97 Å². The molecule has 0 saturated carbocycles. The molecule has 2 rings (SSSR count). The Bertz CT molecular complexity index is 576. The fourth-order valence-electron chi connectivity index (χ4n) is 1.89. The van der Waals surface area contributed by atoms with Crippen molar-refractivity contribution in [3.8, 4) is 11.5 Å². The summed E-state index contributed by atoms with van der Waals surface area (Å²) in [6.07, 6.45) is 2.71. The summed E-state index contributed by atoms with van der Waals surface area (Å²) in [4.78, 5) is 9.28. The van der Waals surface area contributed by atoms with Crippen LogP contribution in [0.15, 0.2) is 12.3 Å². The van der Waals surface area contributed by atoms with E-state index in [9.17, 15) is 0 Å². The highest BCUT2D eigenvalue weighted by atomic mass is 127. The lowest BCUT2D eigenvalue weighted by molar-refractivity contribution is 0.632. The Labute approximate surface area is 127 Å². The Morgan fingerprint density at radius 3 is 2.63 bits per heavy atom. The average molecular weight is 371 g/mol. The van der Waals surface area contributed by atoms with Crippen LogP contribution in [0.1, 0.15) is 19.5 Å². The fraction of sp³-hybridized carbons (Fsp3) is 0.462. The van der Waals surface area contributed by atoms with E-state index in [1.807, 2.05) is 20.2 Å². The van der Waals surface area contributed by atoms with Gasteiger partial charge in [0.1, 0.15) is 11.5 Å². The van der Waals surface area contributed by atoms with Crippen LogP contribution >= 0.6 is 22.6 Å². The van der Waals surface area contributed by atoms with E-state index in [0.29, 0.717) is 5.92 Å². The second-order valence-corrected chi connectivity index (χ2v) is 5.92. The highest BCUT2D eigenvalue weighted by Gasteiger charge is 2.15. The molecule has 19 heavy (non-hydrogen) atoms. The van der Waals surface area contributed by atoms with Crippen molar-refractivity contribution < 1.29 is 0 Å². The monoisotopic (exact) mass is 371 g/mol. The molecule has 0 aliphatic heterocycles. The molecular formula is C13H18IN5. The van der Waals surface area contributed by atoms with Crippen LogP contribution in [0.2, 0.25) is 0 Å². The molecule has 102 valence electrons. The van der Waals surface area contributed by atoms with E-state index in [0.717, 1.165) is 33.0 Å². The summed E-state index contributed by atoms with van der Waals surface area (Å²) in [5.74, 6) is 2.16. The molecule has 0 aliphatic rings. The Kier molecular flexibility index (Phi) is 4.38. The largest absolute Gasteiger partial charge is 0.372 e. The number of anilines is 1. The third kappa shape index (κ3) is 3.05. The zero-order valence-corrected chi connectivity index (χ0v) is 13.8. The lowest BCUT2D eigenvalue weighted by Gasteiger charge is -2.12. The number of aromatic nitrogens is 4. The van der Waals surface area contributed by atoms with Crippen molar-refractivity contribution >= 4 is 28.4 Å². The second-order valence-electron chi connectivity index (χ2n) is 4.84. The highest BCUT2D eigenvalue weighted by molar-refractivity contribution is 14.1. The van der Waals surface area contributed by atoms with Gasteiger partial charge < -0.3 is 5.32 Å². The first-order valence-electron chi connectivity index (χ1n) is 6.25. The van der Waals surface area contributed by atoms with Gasteiger partial charge in [-0.15, -0.1) is 0 Å². The summed E-state index contributed by atoms with van der Waals surface area (Å²) in [5, 5.41) is 7.32. The standard InChI is InChI=1S/C13H18IN5/c1-8(2)7-9-11(14)13(15-3)18-12(17-9)10-5-6-16-19(10)4/h5-6,8H,7H2,1-4H3,(H,15,17,18). The summed E-state index contributed by atoms with van der Waals surface area (Å²) in [5.41, 5.74) is 2.02. The van der Waals surface area contributed by atoms with E-state index >= 15 is 0 Å². The maximum atomic E-state index is 4.70. The fourth-order valence-corrected chi connectivity index (χ4v) is 2.62. The van der Waals surface area contributed by atoms with Crippen molar-refractivity contribution in [1.82, 2.24) is 19.7 Å². The van der Waals surface area contributed by atoms with Crippen LogP contribution < -0.4 is 5.32 Å². The van der Waals surface area contributed by atoms with Gasteiger partial charge in [0.25, 0.3) is 0 Å². The SMILES string of the molecule is CNc1nc(-c2ccnn2C)nc(CC(C)C)c1I. The molecule has 0 aliphatic carbocycles. The van der Waals surface area contributed by atoms with Crippen LogP contribution in [0.4, 0.5) is 5.82 Å². The number of hydrogen-bond acceptors (Lipinski definition) is 4. The zero-order chi connectivity index (χ0) is 14.0. The number of nitrogens with one attached hydrogen (secondary N) is 1. The van der Waals surface area contributed by atoms with Crippen molar-refractivity contribution in [3.05, 3.63) is 21.5 Å². The number of rotatable bonds is 4. The number of nitrogens with zero attached hydrogens (tertiary/aromatic N) is 4. The van der Waals surface area contributed by atoms with Gasteiger partial charge in [-0.2, -0.15) is 5.10 Å². The van der Waals surface area contributed by atoms with Crippen LogP contribution in [-0.4, -0.2) is 26.8 Å². The van der Waals surface area contributed by atoms with Gasteiger partial charge in [0.05, 0.1) is 9.26 Å². The summed E-state index contributed by atoms with van der Waals surface area (Å²) in [6, 6.07) is 1.93. The molecule has 6 heteroatoms. The van der Waals surface area contributed by atoms with Crippen molar-refractivity contribution in [3.63, 3.8) is 0 Å². The predicted molar refractivity (Wildman–Crippen MR) is 85.0 cm³/mol. The molecule has 2 aromatic rings. The molecule has 5 nitrogen and oxygen atoms in total. The summed E-state index contributed by atoms with van der Waals surface area (Å²) >= 11 is 2.31. The first kappa shape index (κ1) is 14.2. The second kappa shape index (κ2) is 5.85. The molecule has 1 N–H and O–H groups in total. The topological polar surface area (TPSA) is 55.6 Å². The minimum absolute atomic E-state index is 0.563. The molecule has 0 fully saturated rings. The van der Waals surface area contributed by atoms with Crippen molar-refractivity contribution in [2.45, 2.75) is 20.3 Å². The van der Waals surface area contributed by atoms with Crippen molar-refractivity contribution in [2.75, 3.05) is 12.4 Å². The van der Waals surface area contributed by atoms with Crippen molar-refractivity contribution in [2.24, 2.45) is 13.0 Å². The third-order valence-corrected chi connectivity index (χ3v) is 3.94. The van der Waals surface area contributed by atoms with Gasteiger partial charge in [-0.1, -0.05) is 13.8 Å². The molecule has 0 radical (unpaired) electrons. The van der Waals surface area contributed by atoms with E-state index in [-0.39, 0.29) is 0 Å². The quantitative estimate of drug-likeness (QED) is 0.840. The van der Waals surface area contributed by atoms with Gasteiger partial charge >= 0.3 is 0 Å². The average Bonchev–Trinajstić information content (AvgIpc) is 2.77. The number of halogens is 1. The first-order valence-corrected chi connectivity index (χ1v) is 7.33. The maximum Gasteiger partial charge on any atom is 0.180 e. The van der Waals surface area contributed by atoms with E-state index in [4.69, 9.17) is 4.98 Å². The van der Waals surface area contributed by atoms with Crippen LogP contribution in [0.3, 0.4) is 0 Å². The molecule has 2 aromatic heterocycles. The predicted octanol–water partition coefficient (Wildman–Crippen LogP) is 2.72. The van der Waals surface area contributed by atoms with E-state index in [2.05, 4.69) is 51.8 Å². The minimum atomic E-state index is 0.563. The lowest BCUT2D eigenvalue weighted by Crippen LogP contribution is -2.09. The number of aryl methyl sites for hydroxylation is 1. The first-order chi connectivity index (χ1) is 9.02. The molecule has 0 aromatic carbocycles. The van der Waals surface area contributed by atoms with Crippen LogP contribution in [0.5, 0.6) is 0 Å². The van der Waals surface area contributed by atoms with Crippen LogP contribution in [-0.2, 0) is 13.5 Å². The Morgan fingerprint density at radius 2 is 2.11 bits per heavy atom. The number of hydrogen-bond donors (Lipinski definition) is 1. The van der Waals surface area contributed by atoms with E-state index in [1.165, 1.54) is 0 Å². The highest BCUT2D eigenvalue weighted by Crippen LogP contribution is 2.25. The summed E-state index contributed by atoms with van der Waals surface area (Å²) < 4.78 is 2.89. The van der Waals surface area contributed by atoms with Gasteiger partial charge in [-0.3, -0.25) is 4.68 Å². The van der Waals surface area contributed by atoms with Crippen LogP contribution in [0.25, 0.3) is 11.5 Å². The smallest absolute Gasteiger partial charge is 0.180 e. The van der Waals surface area contributed by atoms with Gasteiger partial charge in [-0.05, 0) is 41.0 Å². The third-order valence-electron chi connectivity index (χ3n) is 2.81. The molecule has 0 unspecified atom stereocenters. The maximum absolute atomic E-state index is 4.70. The molecule has 0 amide bonds. The normalized spacial score (nSPS) is 11.1. The Morgan fingerprint density at radius 1 is 1.37 bits per heavy atom. The summed E-state index contributed by atoms with van der Waals surface area (Å²) in [7, 11) is 3.79.